The van der Waals surface area contributed by atoms with Crippen LogP contribution in [0.3, 0.4) is 0 Å². The minimum absolute atomic E-state index is 0.0991. The molecule has 23 heavy (non-hydrogen) atoms. The number of nitrogens with zero attached hydrogens (tertiary/aromatic N) is 2. The number of benzene rings is 1. The fraction of sp³-hybridized carbons (Fsp3) is 0.333. The lowest BCUT2D eigenvalue weighted by Crippen LogP contribution is -2.22. The molecule has 0 fully saturated rings. The molecule has 3 aromatic rings. The molecule has 0 unspecified atom stereocenters. The molecule has 0 bridgehead atoms. The molecule has 1 aliphatic rings. The molecule has 0 aliphatic heterocycles. The molecule has 0 radical (unpaired) electrons. The molecule has 4 rings (SSSR count). The number of thiophene rings is 1. The van der Waals surface area contributed by atoms with E-state index in [4.69, 9.17) is 0 Å². The number of aryl methyl sites for hydroxylation is 1. The maximum atomic E-state index is 13.0. The number of hydrogen-bond donors (Lipinski definition) is 0. The van der Waals surface area contributed by atoms with E-state index in [0.29, 0.717) is 12.5 Å². The van der Waals surface area contributed by atoms with Crippen molar-refractivity contribution in [3.63, 3.8) is 0 Å². The van der Waals surface area contributed by atoms with Crippen LogP contribution in [-0.4, -0.2) is 9.55 Å². The summed E-state index contributed by atoms with van der Waals surface area (Å²) in [6.45, 7) is 2.84. The van der Waals surface area contributed by atoms with Crippen LogP contribution in [0.2, 0.25) is 0 Å². The van der Waals surface area contributed by atoms with Gasteiger partial charge in [-0.2, -0.15) is 0 Å². The standard InChI is InChI=1S/C18H17BrN2OS/c1-11-5-6-14-15(7-11)23-17-16(14)18(22)21(10-20-17)9-12-3-2-4-13(19)8-12/h2-4,8,10-11H,5-7,9H2,1H3/t11-/m0/s1. The van der Waals surface area contributed by atoms with E-state index in [1.807, 2.05) is 24.3 Å². The van der Waals surface area contributed by atoms with E-state index in [-0.39, 0.29) is 5.56 Å². The van der Waals surface area contributed by atoms with Crippen LogP contribution >= 0.6 is 27.3 Å². The smallest absolute Gasteiger partial charge is 0.262 e. The summed E-state index contributed by atoms with van der Waals surface area (Å²) in [7, 11) is 0. The number of aromatic nitrogens is 2. The second-order valence-electron chi connectivity index (χ2n) is 6.34. The van der Waals surface area contributed by atoms with E-state index in [0.717, 1.165) is 33.1 Å². The summed E-state index contributed by atoms with van der Waals surface area (Å²) in [5.41, 5.74) is 2.45. The van der Waals surface area contributed by atoms with E-state index < -0.39 is 0 Å². The van der Waals surface area contributed by atoms with Crippen LogP contribution in [0.25, 0.3) is 10.2 Å². The minimum Gasteiger partial charge on any atom is -0.294 e. The van der Waals surface area contributed by atoms with Gasteiger partial charge in [-0.25, -0.2) is 4.98 Å². The highest BCUT2D eigenvalue weighted by molar-refractivity contribution is 9.10. The average Bonchev–Trinajstić information content (AvgIpc) is 2.88. The van der Waals surface area contributed by atoms with Gasteiger partial charge in [0.25, 0.3) is 5.56 Å². The molecular formula is C18H17BrN2OS. The maximum absolute atomic E-state index is 13.0. The lowest BCUT2D eigenvalue weighted by Gasteiger charge is -2.17. The van der Waals surface area contributed by atoms with Gasteiger partial charge in [0.2, 0.25) is 0 Å². The zero-order valence-electron chi connectivity index (χ0n) is 12.9. The molecule has 2 aromatic heterocycles. The minimum atomic E-state index is 0.0991. The Morgan fingerprint density at radius 1 is 1.43 bits per heavy atom. The van der Waals surface area contributed by atoms with E-state index in [1.54, 1.807) is 22.2 Å². The number of rotatable bonds is 2. The van der Waals surface area contributed by atoms with Gasteiger partial charge in [-0.15, -0.1) is 11.3 Å². The van der Waals surface area contributed by atoms with Crippen LogP contribution in [0.15, 0.2) is 39.9 Å². The van der Waals surface area contributed by atoms with Crippen molar-refractivity contribution >= 4 is 37.5 Å². The second kappa shape index (κ2) is 5.87. The van der Waals surface area contributed by atoms with Gasteiger partial charge < -0.3 is 0 Å². The van der Waals surface area contributed by atoms with Gasteiger partial charge in [-0.05, 0) is 48.4 Å². The summed E-state index contributed by atoms with van der Waals surface area (Å²) in [5, 5.41) is 0.856. The topological polar surface area (TPSA) is 34.9 Å². The number of fused-ring (bicyclic) bond motifs is 3. The summed E-state index contributed by atoms with van der Waals surface area (Å²) in [4.78, 5) is 19.8. The van der Waals surface area contributed by atoms with Gasteiger partial charge in [0.05, 0.1) is 18.3 Å². The van der Waals surface area contributed by atoms with E-state index in [1.165, 1.54) is 16.9 Å². The highest BCUT2D eigenvalue weighted by Gasteiger charge is 2.23. The predicted octanol–water partition coefficient (Wildman–Crippen LogP) is 4.39. The zero-order chi connectivity index (χ0) is 16.0. The Morgan fingerprint density at radius 2 is 2.30 bits per heavy atom. The first-order valence-corrected chi connectivity index (χ1v) is 9.47. The van der Waals surface area contributed by atoms with Gasteiger partial charge >= 0.3 is 0 Å². The molecule has 3 nitrogen and oxygen atoms in total. The van der Waals surface area contributed by atoms with Gasteiger partial charge in [0.15, 0.2) is 0 Å². The van der Waals surface area contributed by atoms with Crippen molar-refractivity contribution in [2.24, 2.45) is 5.92 Å². The lowest BCUT2D eigenvalue weighted by atomic mass is 9.89. The summed E-state index contributed by atoms with van der Waals surface area (Å²) >= 11 is 5.18. The fourth-order valence-corrected chi connectivity index (χ4v) is 5.10. The first-order valence-electron chi connectivity index (χ1n) is 7.86. The van der Waals surface area contributed by atoms with E-state index >= 15 is 0 Å². The van der Waals surface area contributed by atoms with Crippen molar-refractivity contribution in [1.29, 1.82) is 0 Å². The van der Waals surface area contributed by atoms with Crippen LogP contribution in [0.5, 0.6) is 0 Å². The third kappa shape index (κ3) is 2.76. The Bertz CT molecular complexity index is 944. The molecular weight excluding hydrogens is 372 g/mol. The Kier molecular flexibility index (Phi) is 3.85. The molecule has 118 valence electrons. The van der Waals surface area contributed by atoms with Gasteiger partial charge in [0.1, 0.15) is 4.83 Å². The van der Waals surface area contributed by atoms with Crippen LogP contribution < -0.4 is 5.56 Å². The first-order chi connectivity index (χ1) is 11.1. The second-order valence-corrected chi connectivity index (χ2v) is 8.34. The van der Waals surface area contributed by atoms with Crippen molar-refractivity contribution < 1.29 is 0 Å². The molecule has 0 spiro atoms. The summed E-state index contributed by atoms with van der Waals surface area (Å²) < 4.78 is 2.76. The van der Waals surface area contributed by atoms with E-state index in [2.05, 4.69) is 27.8 Å². The van der Waals surface area contributed by atoms with Crippen molar-refractivity contribution in [1.82, 2.24) is 9.55 Å². The normalized spacial score (nSPS) is 17.4. The first kappa shape index (κ1) is 15.1. The lowest BCUT2D eigenvalue weighted by molar-refractivity contribution is 0.509. The largest absolute Gasteiger partial charge is 0.294 e. The average molecular weight is 389 g/mol. The van der Waals surface area contributed by atoms with Crippen molar-refractivity contribution in [2.75, 3.05) is 0 Å². The molecule has 1 atom stereocenters. The summed E-state index contributed by atoms with van der Waals surface area (Å²) in [6, 6.07) is 8.06. The molecule has 5 heteroatoms. The molecule has 0 N–H and O–H groups in total. The molecule has 1 aliphatic carbocycles. The summed E-state index contributed by atoms with van der Waals surface area (Å²) in [5.74, 6) is 0.708. The van der Waals surface area contributed by atoms with Gasteiger partial charge in [0, 0.05) is 9.35 Å². The quantitative estimate of drug-likeness (QED) is 0.652. The highest BCUT2D eigenvalue weighted by Crippen LogP contribution is 2.35. The van der Waals surface area contributed by atoms with Crippen molar-refractivity contribution in [2.45, 2.75) is 32.7 Å². The maximum Gasteiger partial charge on any atom is 0.262 e. The SMILES string of the molecule is C[C@H]1CCc2c(sc3ncn(Cc4cccc(Br)c4)c(=O)c23)C1. The van der Waals surface area contributed by atoms with Gasteiger partial charge in [-0.3, -0.25) is 9.36 Å². The Labute approximate surface area is 147 Å². The third-order valence-electron chi connectivity index (χ3n) is 4.52. The monoisotopic (exact) mass is 388 g/mol. The number of halogens is 1. The van der Waals surface area contributed by atoms with Crippen molar-refractivity contribution in [3.8, 4) is 0 Å². The fourth-order valence-electron chi connectivity index (χ4n) is 3.31. The Balaban J connectivity index is 1.80. The third-order valence-corrected chi connectivity index (χ3v) is 6.18. The van der Waals surface area contributed by atoms with Crippen LogP contribution in [0.4, 0.5) is 0 Å². The van der Waals surface area contributed by atoms with Crippen LogP contribution in [-0.2, 0) is 19.4 Å². The Hall–Kier alpha value is -1.46. The van der Waals surface area contributed by atoms with Gasteiger partial charge in [-0.1, -0.05) is 35.0 Å². The molecule has 0 amide bonds. The molecule has 2 heterocycles. The van der Waals surface area contributed by atoms with Crippen molar-refractivity contribution in [3.05, 3.63) is 61.4 Å². The van der Waals surface area contributed by atoms with E-state index in [9.17, 15) is 4.79 Å². The zero-order valence-corrected chi connectivity index (χ0v) is 15.3. The summed E-state index contributed by atoms with van der Waals surface area (Å²) in [6.07, 6.45) is 4.95. The predicted molar refractivity (Wildman–Crippen MR) is 98.3 cm³/mol. The number of hydrogen-bond acceptors (Lipinski definition) is 3. The van der Waals surface area contributed by atoms with Crippen LogP contribution in [0.1, 0.15) is 29.3 Å². The molecule has 0 saturated carbocycles. The molecule has 0 saturated heterocycles. The highest BCUT2D eigenvalue weighted by atomic mass is 79.9. The Morgan fingerprint density at radius 3 is 3.13 bits per heavy atom. The van der Waals surface area contributed by atoms with Crippen LogP contribution in [0, 0.1) is 5.92 Å². The molecule has 1 aromatic carbocycles.